The molecule has 3 aromatic heterocycles. The van der Waals surface area contributed by atoms with Crippen LogP contribution in [0.4, 0.5) is 0 Å². The number of rotatable bonds is 4. The summed E-state index contributed by atoms with van der Waals surface area (Å²) in [4.78, 5) is 12.4. The van der Waals surface area contributed by atoms with Crippen molar-refractivity contribution in [2.45, 2.75) is 31.2 Å². The molecule has 0 fully saturated rings. The Labute approximate surface area is 150 Å². The van der Waals surface area contributed by atoms with Gasteiger partial charge in [-0.2, -0.15) is 0 Å². The Morgan fingerprint density at radius 3 is 2.56 bits per heavy atom. The van der Waals surface area contributed by atoms with Crippen molar-refractivity contribution in [1.29, 1.82) is 0 Å². The van der Waals surface area contributed by atoms with Gasteiger partial charge in [0.15, 0.2) is 5.65 Å². The predicted octanol–water partition coefficient (Wildman–Crippen LogP) is 4.26. The highest BCUT2D eigenvalue weighted by Crippen LogP contribution is 2.37. The number of pyridine rings is 1. The van der Waals surface area contributed by atoms with Crippen molar-refractivity contribution in [1.82, 2.24) is 24.6 Å². The Bertz CT molecular complexity index is 1000. The SMILES string of the molecule is Cc1ccc(C(Sc2nc3cc(C)cc(C)n3n2)c2ncc[nH]2)cc1. The van der Waals surface area contributed by atoms with Crippen molar-refractivity contribution >= 4 is 17.4 Å². The summed E-state index contributed by atoms with van der Waals surface area (Å²) < 4.78 is 1.89. The molecule has 0 bridgehead atoms. The molecule has 0 aliphatic carbocycles. The molecule has 0 aliphatic heterocycles. The molecular weight excluding hydrogens is 330 g/mol. The van der Waals surface area contributed by atoms with Crippen LogP contribution in [-0.2, 0) is 0 Å². The highest BCUT2D eigenvalue weighted by molar-refractivity contribution is 7.99. The van der Waals surface area contributed by atoms with Crippen LogP contribution in [0.25, 0.3) is 5.65 Å². The quantitative estimate of drug-likeness (QED) is 0.559. The molecule has 4 aromatic rings. The summed E-state index contributed by atoms with van der Waals surface area (Å²) in [6, 6.07) is 12.7. The van der Waals surface area contributed by atoms with Gasteiger partial charge in [0, 0.05) is 18.1 Å². The maximum atomic E-state index is 4.70. The number of thioether (sulfide) groups is 1. The number of aromatic nitrogens is 5. The number of hydrogen-bond acceptors (Lipinski definition) is 4. The number of aromatic amines is 1. The first-order valence-corrected chi connectivity index (χ1v) is 9.04. The number of H-pyrrole nitrogens is 1. The van der Waals surface area contributed by atoms with E-state index in [1.54, 1.807) is 18.0 Å². The third-order valence-electron chi connectivity index (χ3n) is 4.11. The zero-order valence-corrected chi connectivity index (χ0v) is 15.2. The molecule has 6 heteroatoms. The molecule has 0 aliphatic rings. The van der Waals surface area contributed by atoms with Gasteiger partial charge in [-0.3, -0.25) is 0 Å². The molecule has 0 saturated heterocycles. The molecule has 3 heterocycles. The van der Waals surface area contributed by atoms with Crippen molar-refractivity contribution in [2.75, 3.05) is 0 Å². The number of fused-ring (bicyclic) bond motifs is 1. The molecule has 1 atom stereocenters. The summed E-state index contributed by atoms with van der Waals surface area (Å²) in [6.07, 6.45) is 3.63. The van der Waals surface area contributed by atoms with E-state index in [1.165, 1.54) is 16.7 Å². The zero-order chi connectivity index (χ0) is 17.4. The van der Waals surface area contributed by atoms with Crippen LogP contribution in [0.1, 0.15) is 33.5 Å². The molecule has 1 unspecified atom stereocenters. The van der Waals surface area contributed by atoms with Gasteiger partial charge in [0.1, 0.15) is 5.82 Å². The lowest BCUT2D eigenvalue weighted by molar-refractivity contribution is 0.851. The van der Waals surface area contributed by atoms with Crippen LogP contribution in [0.5, 0.6) is 0 Å². The summed E-state index contributed by atoms with van der Waals surface area (Å²) in [5.41, 5.74) is 5.57. The number of imidazole rings is 1. The van der Waals surface area contributed by atoms with E-state index >= 15 is 0 Å². The van der Waals surface area contributed by atoms with E-state index in [0.29, 0.717) is 0 Å². The Hall–Kier alpha value is -2.60. The lowest BCUT2D eigenvalue weighted by Crippen LogP contribution is -2.00. The minimum atomic E-state index is 0.0226. The van der Waals surface area contributed by atoms with Gasteiger partial charge in [-0.15, -0.1) is 5.10 Å². The molecule has 0 spiro atoms. The van der Waals surface area contributed by atoms with Crippen LogP contribution in [0.3, 0.4) is 0 Å². The van der Waals surface area contributed by atoms with Crippen LogP contribution in [0.15, 0.2) is 53.9 Å². The average molecular weight is 349 g/mol. The lowest BCUT2D eigenvalue weighted by Gasteiger charge is -2.13. The van der Waals surface area contributed by atoms with Crippen LogP contribution < -0.4 is 0 Å². The number of hydrogen-bond donors (Lipinski definition) is 1. The van der Waals surface area contributed by atoms with E-state index in [-0.39, 0.29) is 5.25 Å². The van der Waals surface area contributed by atoms with Crippen LogP contribution in [-0.4, -0.2) is 24.6 Å². The van der Waals surface area contributed by atoms with Crippen LogP contribution in [0, 0.1) is 20.8 Å². The first kappa shape index (κ1) is 15.9. The maximum absolute atomic E-state index is 4.70. The van der Waals surface area contributed by atoms with Crippen molar-refractivity contribution in [3.05, 3.63) is 77.0 Å². The van der Waals surface area contributed by atoms with E-state index in [4.69, 9.17) is 4.98 Å². The fraction of sp³-hybridized carbons (Fsp3) is 0.211. The first-order valence-electron chi connectivity index (χ1n) is 8.17. The Balaban J connectivity index is 1.74. The number of benzene rings is 1. The van der Waals surface area contributed by atoms with Gasteiger partial charge in [-0.1, -0.05) is 41.6 Å². The summed E-state index contributed by atoms with van der Waals surface area (Å²) in [5.74, 6) is 0.903. The molecule has 126 valence electrons. The minimum absolute atomic E-state index is 0.0226. The van der Waals surface area contributed by atoms with Gasteiger partial charge in [-0.25, -0.2) is 14.5 Å². The summed E-state index contributed by atoms with van der Waals surface area (Å²) in [6.45, 7) is 6.22. The standard InChI is InChI=1S/C19H19N5S/c1-12-4-6-15(7-5-12)17(18-20-8-9-21-18)25-19-22-16-11-13(2)10-14(3)24(16)23-19/h4-11,17H,1-3H3,(H,20,21). The van der Waals surface area contributed by atoms with Crippen molar-refractivity contribution in [2.24, 2.45) is 0 Å². The molecule has 5 nitrogen and oxygen atoms in total. The van der Waals surface area contributed by atoms with Gasteiger partial charge in [0.25, 0.3) is 0 Å². The molecule has 4 rings (SSSR count). The smallest absolute Gasteiger partial charge is 0.210 e. The van der Waals surface area contributed by atoms with Crippen molar-refractivity contribution in [3.63, 3.8) is 0 Å². The highest BCUT2D eigenvalue weighted by atomic mass is 32.2. The predicted molar refractivity (Wildman–Crippen MR) is 99.9 cm³/mol. The second-order valence-electron chi connectivity index (χ2n) is 6.22. The van der Waals surface area contributed by atoms with Gasteiger partial charge in [-0.05, 0) is 44.0 Å². The van der Waals surface area contributed by atoms with E-state index in [1.807, 2.05) is 17.6 Å². The number of nitrogens with one attached hydrogen (secondary N) is 1. The van der Waals surface area contributed by atoms with Gasteiger partial charge < -0.3 is 4.98 Å². The fourth-order valence-electron chi connectivity index (χ4n) is 2.89. The second-order valence-corrected chi connectivity index (χ2v) is 7.29. The summed E-state index contributed by atoms with van der Waals surface area (Å²) in [7, 11) is 0. The third kappa shape index (κ3) is 3.17. The Morgan fingerprint density at radius 1 is 1.04 bits per heavy atom. The topological polar surface area (TPSA) is 58.9 Å². The van der Waals surface area contributed by atoms with Crippen molar-refractivity contribution < 1.29 is 0 Å². The van der Waals surface area contributed by atoms with E-state index in [0.717, 1.165) is 22.3 Å². The van der Waals surface area contributed by atoms with E-state index in [9.17, 15) is 0 Å². The molecule has 0 amide bonds. The van der Waals surface area contributed by atoms with Crippen LogP contribution >= 0.6 is 11.8 Å². The Kier molecular flexibility index (Phi) is 4.05. The Morgan fingerprint density at radius 2 is 1.84 bits per heavy atom. The first-order chi connectivity index (χ1) is 12.1. The highest BCUT2D eigenvalue weighted by Gasteiger charge is 2.21. The van der Waals surface area contributed by atoms with E-state index in [2.05, 4.69) is 65.3 Å². The largest absolute Gasteiger partial charge is 0.347 e. The normalized spacial score (nSPS) is 12.6. The molecule has 25 heavy (non-hydrogen) atoms. The van der Waals surface area contributed by atoms with Gasteiger partial charge >= 0.3 is 0 Å². The molecule has 1 aromatic carbocycles. The number of aryl methyl sites for hydroxylation is 3. The minimum Gasteiger partial charge on any atom is -0.347 e. The second kappa shape index (κ2) is 6.37. The maximum Gasteiger partial charge on any atom is 0.210 e. The monoisotopic (exact) mass is 349 g/mol. The molecule has 1 N–H and O–H groups in total. The third-order valence-corrected chi connectivity index (χ3v) is 5.23. The van der Waals surface area contributed by atoms with Crippen molar-refractivity contribution in [3.8, 4) is 0 Å². The molecule has 0 saturated carbocycles. The van der Waals surface area contributed by atoms with Gasteiger partial charge in [0.2, 0.25) is 5.16 Å². The summed E-state index contributed by atoms with van der Waals surface area (Å²) >= 11 is 1.61. The van der Waals surface area contributed by atoms with Gasteiger partial charge in [0.05, 0.1) is 5.25 Å². The number of nitrogens with zero attached hydrogens (tertiary/aromatic N) is 4. The average Bonchev–Trinajstić information content (AvgIpc) is 3.23. The van der Waals surface area contributed by atoms with E-state index < -0.39 is 0 Å². The van der Waals surface area contributed by atoms with Crippen LogP contribution in [0.2, 0.25) is 0 Å². The fourth-order valence-corrected chi connectivity index (χ4v) is 3.91. The zero-order valence-electron chi connectivity index (χ0n) is 14.4. The summed E-state index contributed by atoms with van der Waals surface area (Å²) in [5, 5.41) is 5.44. The lowest BCUT2D eigenvalue weighted by atomic mass is 10.1. The molecule has 0 radical (unpaired) electrons. The molecular formula is C19H19N5S.